The van der Waals surface area contributed by atoms with Crippen molar-refractivity contribution in [3.63, 3.8) is 0 Å². The van der Waals surface area contributed by atoms with E-state index in [1.165, 1.54) is 23.0 Å². The zero-order chi connectivity index (χ0) is 22.6. The highest BCUT2D eigenvalue weighted by molar-refractivity contribution is 7.09. The van der Waals surface area contributed by atoms with Gasteiger partial charge in [0, 0.05) is 50.2 Å². The van der Waals surface area contributed by atoms with Crippen molar-refractivity contribution in [3.05, 3.63) is 75.5 Å². The zero-order valence-corrected chi connectivity index (χ0v) is 18.9. The minimum Gasteiger partial charge on any atom is -0.454 e. The first-order valence-electron chi connectivity index (χ1n) is 10.9. The quantitative estimate of drug-likeness (QED) is 0.574. The van der Waals surface area contributed by atoms with Crippen molar-refractivity contribution in [2.75, 3.05) is 33.0 Å². The standard InChI is InChI=1S/C24H25FN4O3S/c25-19-4-2-1-3-18(19)12-26-24(30)20-15-33-23(27-20)14-29-9-7-28(8-10-29)13-17-5-6-21-22(11-17)32-16-31-21/h1-6,11,15H,7-10,12-14,16H2,(H,26,30). The molecule has 1 fully saturated rings. The number of thiazole rings is 1. The molecule has 0 unspecified atom stereocenters. The topological polar surface area (TPSA) is 66.9 Å². The molecule has 2 aliphatic rings. The number of carbonyl (C=O) groups is 1. The molecule has 3 aromatic rings. The summed E-state index contributed by atoms with van der Waals surface area (Å²) in [5, 5.41) is 5.42. The van der Waals surface area contributed by atoms with Gasteiger partial charge in [-0.2, -0.15) is 0 Å². The Labute approximate surface area is 195 Å². The van der Waals surface area contributed by atoms with Gasteiger partial charge in [0.2, 0.25) is 6.79 Å². The summed E-state index contributed by atoms with van der Waals surface area (Å²) in [6.07, 6.45) is 0. The van der Waals surface area contributed by atoms with Crippen LogP contribution in [0.1, 0.15) is 26.6 Å². The first kappa shape index (κ1) is 21.8. The molecule has 0 saturated carbocycles. The van der Waals surface area contributed by atoms with E-state index in [-0.39, 0.29) is 18.3 Å². The van der Waals surface area contributed by atoms with E-state index in [1.807, 2.05) is 6.07 Å². The van der Waals surface area contributed by atoms with Crippen molar-refractivity contribution in [1.29, 1.82) is 0 Å². The summed E-state index contributed by atoms with van der Waals surface area (Å²) < 4.78 is 24.6. The molecule has 2 aliphatic heterocycles. The Hall–Kier alpha value is -3.01. The maximum Gasteiger partial charge on any atom is 0.271 e. The van der Waals surface area contributed by atoms with Crippen LogP contribution in [0, 0.1) is 5.82 Å². The van der Waals surface area contributed by atoms with Crippen molar-refractivity contribution >= 4 is 17.2 Å². The van der Waals surface area contributed by atoms with Crippen LogP contribution < -0.4 is 14.8 Å². The lowest BCUT2D eigenvalue weighted by Crippen LogP contribution is -2.45. The van der Waals surface area contributed by atoms with Crippen molar-refractivity contribution in [1.82, 2.24) is 20.1 Å². The number of nitrogens with zero attached hydrogens (tertiary/aromatic N) is 3. The van der Waals surface area contributed by atoms with Gasteiger partial charge < -0.3 is 14.8 Å². The lowest BCUT2D eigenvalue weighted by molar-refractivity contribution is 0.0945. The van der Waals surface area contributed by atoms with Crippen LogP contribution in [0.4, 0.5) is 4.39 Å². The minimum atomic E-state index is -0.325. The number of rotatable bonds is 7. The van der Waals surface area contributed by atoms with Gasteiger partial charge in [-0.3, -0.25) is 14.6 Å². The number of piperazine rings is 1. The molecule has 7 nitrogen and oxygen atoms in total. The van der Waals surface area contributed by atoms with Gasteiger partial charge in [0.25, 0.3) is 5.91 Å². The van der Waals surface area contributed by atoms with Crippen LogP contribution >= 0.6 is 11.3 Å². The van der Waals surface area contributed by atoms with Crippen molar-refractivity contribution < 1.29 is 18.7 Å². The van der Waals surface area contributed by atoms with Crippen LogP contribution in [0.25, 0.3) is 0 Å². The van der Waals surface area contributed by atoms with Gasteiger partial charge in [0.1, 0.15) is 16.5 Å². The average molecular weight is 469 g/mol. The van der Waals surface area contributed by atoms with Gasteiger partial charge >= 0.3 is 0 Å². The van der Waals surface area contributed by atoms with Gasteiger partial charge in [-0.05, 0) is 23.8 Å². The highest BCUT2D eigenvalue weighted by Crippen LogP contribution is 2.32. The molecule has 0 bridgehead atoms. The fraction of sp³-hybridized carbons (Fsp3) is 0.333. The number of aromatic nitrogens is 1. The molecule has 2 aromatic carbocycles. The number of ether oxygens (including phenoxy) is 2. The van der Waals surface area contributed by atoms with Crippen molar-refractivity contribution in [2.45, 2.75) is 19.6 Å². The summed E-state index contributed by atoms with van der Waals surface area (Å²) in [5.74, 6) is 1.03. The summed E-state index contributed by atoms with van der Waals surface area (Å²) in [6.45, 7) is 5.87. The Balaban J connectivity index is 1.08. The van der Waals surface area contributed by atoms with Gasteiger partial charge in [0.05, 0.1) is 6.54 Å². The monoisotopic (exact) mass is 468 g/mol. The lowest BCUT2D eigenvalue weighted by Gasteiger charge is -2.34. The fourth-order valence-corrected chi connectivity index (χ4v) is 4.81. The molecule has 0 radical (unpaired) electrons. The maximum atomic E-state index is 13.7. The number of benzene rings is 2. The molecule has 1 aromatic heterocycles. The highest BCUT2D eigenvalue weighted by Gasteiger charge is 2.20. The largest absolute Gasteiger partial charge is 0.454 e. The predicted molar refractivity (Wildman–Crippen MR) is 123 cm³/mol. The van der Waals surface area contributed by atoms with E-state index in [4.69, 9.17) is 9.47 Å². The molecule has 0 spiro atoms. The molecule has 1 saturated heterocycles. The third kappa shape index (κ3) is 5.32. The highest BCUT2D eigenvalue weighted by atomic mass is 32.1. The third-order valence-corrected chi connectivity index (χ3v) is 6.68. The van der Waals surface area contributed by atoms with E-state index in [9.17, 15) is 9.18 Å². The van der Waals surface area contributed by atoms with Gasteiger partial charge in [-0.25, -0.2) is 9.37 Å². The normalized spacial score (nSPS) is 16.2. The molecule has 1 amide bonds. The molecule has 3 heterocycles. The van der Waals surface area contributed by atoms with Crippen molar-refractivity contribution in [3.8, 4) is 11.5 Å². The summed E-state index contributed by atoms with van der Waals surface area (Å²) >= 11 is 1.48. The molecule has 172 valence electrons. The molecule has 0 atom stereocenters. The Bertz CT molecular complexity index is 1130. The van der Waals surface area contributed by atoms with Crippen LogP contribution in [0.15, 0.2) is 47.8 Å². The van der Waals surface area contributed by atoms with Crippen LogP contribution in [0.5, 0.6) is 11.5 Å². The Morgan fingerprint density at radius 2 is 1.79 bits per heavy atom. The number of nitrogens with one attached hydrogen (secondary N) is 1. The van der Waals surface area contributed by atoms with E-state index in [2.05, 4.69) is 32.2 Å². The van der Waals surface area contributed by atoms with E-state index in [1.54, 1.807) is 23.6 Å². The molecular formula is C24H25FN4O3S. The minimum absolute atomic E-state index is 0.143. The number of hydrogen-bond donors (Lipinski definition) is 1. The average Bonchev–Trinajstić information content (AvgIpc) is 3.49. The molecule has 9 heteroatoms. The zero-order valence-electron chi connectivity index (χ0n) is 18.1. The first-order chi connectivity index (χ1) is 16.1. The summed E-state index contributed by atoms with van der Waals surface area (Å²) in [5.41, 5.74) is 2.06. The molecule has 1 N–H and O–H groups in total. The van der Waals surface area contributed by atoms with Crippen LogP contribution in [0.3, 0.4) is 0 Å². The first-order valence-corrected chi connectivity index (χ1v) is 11.8. The van der Waals surface area contributed by atoms with E-state index >= 15 is 0 Å². The second kappa shape index (κ2) is 9.86. The van der Waals surface area contributed by atoms with Gasteiger partial charge in [-0.1, -0.05) is 24.3 Å². The number of halogens is 1. The van der Waals surface area contributed by atoms with E-state index in [0.29, 0.717) is 18.1 Å². The van der Waals surface area contributed by atoms with Crippen LogP contribution in [0.2, 0.25) is 0 Å². The predicted octanol–water partition coefficient (Wildman–Crippen LogP) is 3.26. The van der Waals surface area contributed by atoms with Crippen LogP contribution in [-0.4, -0.2) is 53.7 Å². The number of amides is 1. The fourth-order valence-electron chi connectivity index (χ4n) is 3.99. The summed E-state index contributed by atoms with van der Waals surface area (Å²) in [6, 6.07) is 12.5. The number of fused-ring (bicyclic) bond motifs is 1. The Morgan fingerprint density at radius 1 is 1.03 bits per heavy atom. The van der Waals surface area contributed by atoms with Gasteiger partial charge in [-0.15, -0.1) is 11.3 Å². The second-order valence-corrected chi connectivity index (χ2v) is 9.08. The molecule has 5 rings (SSSR count). The van der Waals surface area contributed by atoms with Crippen LogP contribution in [-0.2, 0) is 19.6 Å². The summed E-state index contributed by atoms with van der Waals surface area (Å²) in [7, 11) is 0. The van der Waals surface area contributed by atoms with E-state index < -0.39 is 0 Å². The van der Waals surface area contributed by atoms with E-state index in [0.717, 1.165) is 55.8 Å². The SMILES string of the molecule is O=C(NCc1ccccc1F)c1csc(CN2CCN(Cc3ccc4c(c3)OCO4)CC2)n1. The second-order valence-electron chi connectivity index (χ2n) is 8.14. The number of hydrogen-bond acceptors (Lipinski definition) is 7. The van der Waals surface area contributed by atoms with Crippen molar-refractivity contribution in [2.24, 2.45) is 0 Å². The third-order valence-electron chi connectivity index (χ3n) is 5.85. The lowest BCUT2D eigenvalue weighted by atomic mass is 10.1. The maximum absolute atomic E-state index is 13.7. The Kier molecular flexibility index (Phi) is 6.52. The number of carbonyl (C=O) groups excluding carboxylic acids is 1. The summed E-state index contributed by atoms with van der Waals surface area (Å²) in [4.78, 5) is 21.7. The van der Waals surface area contributed by atoms with Gasteiger partial charge in [0.15, 0.2) is 11.5 Å². The molecular weight excluding hydrogens is 443 g/mol. The molecule has 0 aliphatic carbocycles. The smallest absolute Gasteiger partial charge is 0.271 e. The Morgan fingerprint density at radius 3 is 2.61 bits per heavy atom. The molecule has 33 heavy (non-hydrogen) atoms.